The first-order valence-electron chi connectivity index (χ1n) is 8.04. The zero-order valence-corrected chi connectivity index (χ0v) is 13.5. The van der Waals surface area contributed by atoms with Crippen molar-refractivity contribution in [3.63, 3.8) is 0 Å². The monoisotopic (exact) mass is 311 g/mol. The lowest BCUT2D eigenvalue weighted by atomic mass is 10.0. The fourth-order valence-electron chi connectivity index (χ4n) is 3.18. The first-order valence-corrected chi connectivity index (χ1v) is 8.04. The van der Waals surface area contributed by atoms with E-state index in [4.69, 9.17) is 4.74 Å². The van der Waals surface area contributed by atoms with E-state index >= 15 is 0 Å². The minimum Gasteiger partial charge on any atom is -0.454 e. The molecule has 0 fully saturated rings. The van der Waals surface area contributed by atoms with E-state index in [1.165, 1.54) is 0 Å². The second-order valence-electron chi connectivity index (χ2n) is 6.14. The van der Waals surface area contributed by atoms with Crippen LogP contribution in [0.15, 0.2) is 36.4 Å². The van der Waals surface area contributed by atoms with Crippen LogP contribution in [0.2, 0.25) is 0 Å². The molecule has 1 aromatic heterocycles. The van der Waals surface area contributed by atoms with Crippen LogP contribution in [-0.4, -0.2) is 22.8 Å². The van der Waals surface area contributed by atoms with E-state index in [2.05, 4.69) is 17.1 Å². The maximum atomic E-state index is 12.7. The average Bonchev–Trinajstić information content (AvgIpc) is 3.12. The smallest absolute Gasteiger partial charge is 0.307 e. The Kier molecular flexibility index (Phi) is 4.33. The molecule has 0 unspecified atom stereocenters. The highest BCUT2D eigenvalue weighted by molar-refractivity contribution is 6.11. The molecule has 1 aromatic carbocycles. The van der Waals surface area contributed by atoms with Gasteiger partial charge >= 0.3 is 5.97 Å². The molecule has 3 rings (SSSR count). The molecule has 1 aliphatic rings. The van der Waals surface area contributed by atoms with Crippen LogP contribution in [0.4, 0.5) is 0 Å². The van der Waals surface area contributed by atoms with Gasteiger partial charge in [0.25, 0.3) is 0 Å². The van der Waals surface area contributed by atoms with Gasteiger partial charge < -0.3 is 9.72 Å². The SMILES string of the molecule is Cc1[nH]c2ccccc2c1C(=O)[C@H](C)OC(=O)C[C@@H]1C=CCC1. The normalized spacial score (nSPS) is 18.3. The highest BCUT2D eigenvalue weighted by Gasteiger charge is 2.25. The molecule has 1 heterocycles. The van der Waals surface area contributed by atoms with E-state index in [-0.39, 0.29) is 17.7 Å². The van der Waals surface area contributed by atoms with Crippen LogP contribution in [0.3, 0.4) is 0 Å². The number of aromatic amines is 1. The highest BCUT2D eigenvalue weighted by Crippen LogP contribution is 2.25. The zero-order valence-electron chi connectivity index (χ0n) is 13.5. The number of carbonyl (C=O) groups excluding carboxylic acids is 2. The summed E-state index contributed by atoms with van der Waals surface area (Å²) in [6.07, 6.45) is 5.71. The number of esters is 1. The number of hydrogen-bond donors (Lipinski definition) is 1. The van der Waals surface area contributed by atoms with Crippen LogP contribution in [0, 0.1) is 12.8 Å². The third-order valence-electron chi connectivity index (χ3n) is 4.36. The summed E-state index contributed by atoms with van der Waals surface area (Å²) in [5, 5.41) is 0.872. The number of fused-ring (bicyclic) bond motifs is 1. The van der Waals surface area contributed by atoms with Crippen LogP contribution in [-0.2, 0) is 9.53 Å². The van der Waals surface area contributed by atoms with Gasteiger partial charge in [-0.2, -0.15) is 0 Å². The highest BCUT2D eigenvalue weighted by atomic mass is 16.5. The van der Waals surface area contributed by atoms with Gasteiger partial charge in [0.2, 0.25) is 5.78 Å². The zero-order chi connectivity index (χ0) is 16.4. The Morgan fingerprint density at radius 1 is 1.35 bits per heavy atom. The molecular formula is C19H21NO3. The van der Waals surface area contributed by atoms with E-state index in [0.717, 1.165) is 29.4 Å². The van der Waals surface area contributed by atoms with Crippen molar-refractivity contribution in [3.8, 4) is 0 Å². The quantitative estimate of drug-likeness (QED) is 0.517. The van der Waals surface area contributed by atoms with Gasteiger partial charge in [0.1, 0.15) is 0 Å². The second kappa shape index (κ2) is 6.41. The third-order valence-corrected chi connectivity index (χ3v) is 4.36. The molecule has 0 saturated carbocycles. The number of H-pyrrole nitrogens is 1. The molecule has 0 radical (unpaired) electrons. The number of aromatic nitrogens is 1. The summed E-state index contributed by atoms with van der Waals surface area (Å²) in [4.78, 5) is 27.9. The molecule has 0 bridgehead atoms. The number of benzene rings is 1. The standard InChI is InChI=1S/C19H21NO3/c1-12-18(15-9-5-6-10-16(15)20-12)19(22)13(2)23-17(21)11-14-7-3-4-8-14/h3,5-7,9-10,13-14,20H,4,8,11H2,1-2H3/t13-,14+/m0/s1. The van der Waals surface area contributed by atoms with Crippen molar-refractivity contribution >= 4 is 22.7 Å². The molecule has 120 valence electrons. The van der Waals surface area contributed by atoms with Crippen LogP contribution in [0.5, 0.6) is 0 Å². The van der Waals surface area contributed by atoms with E-state index in [1.807, 2.05) is 31.2 Å². The van der Waals surface area contributed by atoms with Gasteiger partial charge in [0, 0.05) is 22.2 Å². The van der Waals surface area contributed by atoms with Crippen LogP contribution >= 0.6 is 0 Å². The minimum atomic E-state index is -0.772. The van der Waals surface area contributed by atoms with Crippen molar-refractivity contribution in [2.75, 3.05) is 0 Å². The third kappa shape index (κ3) is 3.21. The fraction of sp³-hybridized carbons (Fsp3) is 0.368. The van der Waals surface area contributed by atoms with Crippen LogP contribution < -0.4 is 0 Å². The molecule has 0 spiro atoms. The summed E-state index contributed by atoms with van der Waals surface area (Å²) >= 11 is 0. The van der Waals surface area contributed by atoms with E-state index in [0.29, 0.717) is 12.0 Å². The number of aryl methyl sites for hydroxylation is 1. The topological polar surface area (TPSA) is 59.2 Å². The molecule has 4 heteroatoms. The lowest BCUT2D eigenvalue weighted by Crippen LogP contribution is -2.25. The summed E-state index contributed by atoms with van der Waals surface area (Å²) in [7, 11) is 0. The van der Waals surface area contributed by atoms with Gasteiger partial charge in [0.05, 0.1) is 6.42 Å². The molecule has 1 aliphatic carbocycles. The number of allylic oxidation sites excluding steroid dienone is 2. The molecule has 2 atom stereocenters. The van der Waals surface area contributed by atoms with Gasteiger partial charge in [-0.3, -0.25) is 9.59 Å². The van der Waals surface area contributed by atoms with Crippen molar-refractivity contribution in [1.82, 2.24) is 4.98 Å². The second-order valence-corrected chi connectivity index (χ2v) is 6.14. The number of ketones is 1. The van der Waals surface area contributed by atoms with Crippen LogP contribution in [0.1, 0.15) is 42.2 Å². The number of Topliss-reactive ketones (excluding diaryl/α,β-unsaturated/α-hetero) is 1. The van der Waals surface area contributed by atoms with E-state index in [9.17, 15) is 9.59 Å². The summed E-state index contributed by atoms with van der Waals surface area (Å²) in [6, 6.07) is 7.66. The Bertz CT molecular complexity index is 772. The number of ether oxygens (including phenoxy) is 1. The predicted octanol–water partition coefficient (Wildman–Crippen LogP) is 3.95. The molecule has 0 amide bonds. The Morgan fingerprint density at radius 3 is 2.87 bits per heavy atom. The van der Waals surface area contributed by atoms with Gasteiger partial charge in [-0.15, -0.1) is 0 Å². The number of para-hydroxylation sites is 1. The van der Waals surface area contributed by atoms with Gasteiger partial charge in [-0.05, 0) is 38.7 Å². The number of rotatable bonds is 5. The predicted molar refractivity (Wildman–Crippen MR) is 89.4 cm³/mol. The first-order chi connectivity index (χ1) is 11.1. The van der Waals surface area contributed by atoms with Gasteiger partial charge in [-0.25, -0.2) is 0 Å². The average molecular weight is 311 g/mol. The Balaban J connectivity index is 1.72. The molecule has 23 heavy (non-hydrogen) atoms. The first kappa shape index (κ1) is 15.5. The minimum absolute atomic E-state index is 0.157. The Morgan fingerprint density at radius 2 is 2.13 bits per heavy atom. The van der Waals surface area contributed by atoms with E-state index < -0.39 is 6.10 Å². The lowest BCUT2D eigenvalue weighted by Gasteiger charge is -2.14. The fourth-order valence-corrected chi connectivity index (χ4v) is 3.18. The number of nitrogens with one attached hydrogen (secondary N) is 1. The molecule has 0 aliphatic heterocycles. The van der Waals surface area contributed by atoms with Crippen molar-refractivity contribution in [1.29, 1.82) is 0 Å². The van der Waals surface area contributed by atoms with Gasteiger partial charge in [-0.1, -0.05) is 30.4 Å². The molecule has 2 aromatic rings. The van der Waals surface area contributed by atoms with Crippen molar-refractivity contribution in [2.24, 2.45) is 5.92 Å². The molecule has 4 nitrogen and oxygen atoms in total. The maximum Gasteiger partial charge on any atom is 0.307 e. The summed E-state index contributed by atoms with van der Waals surface area (Å²) in [5.41, 5.74) is 2.34. The number of carbonyl (C=O) groups is 2. The van der Waals surface area contributed by atoms with Crippen molar-refractivity contribution < 1.29 is 14.3 Å². The number of hydrogen-bond acceptors (Lipinski definition) is 3. The summed E-state index contributed by atoms with van der Waals surface area (Å²) < 4.78 is 5.37. The largest absolute Gasteiger partial charge is 0.454 e. The van der Waals surface area contributed by atoms with Crippen molar-refractivity contribution in [3.05, 3.63) is 47.7 Å². The molecule has 1 N–H and O–H groups in total. The summed E-state index contributed by atoms with van der Waals surface area (Å²) in [5.74, 6) is -0.213. The summed E-state index contributed by atoms with van der Waals surface area (Å²) in [6.45, 7) is 3.51. The van der Waals surface area contributed by atoms with Crippen LogP contribution in [0.25, 0.3) is 10.9 Å². The molecule has 0 saturated heterocycles. The Hall–Kier alpha value is -2.36. The maximum absolute atomic E-state index is 12.7. The Labute approximate surface area is 135 Å². The van der Waals surface area contributed by atoms with E-state index in [1.54, 1.807) is 6.92 Å². The molecular weight excluding hydrogens is 290 g/mol. The van der Waals surface area contributed by atoms with Crippen molar-refractivity contribution in [2.45, 2.75) is 39.2 Å². The van der Waals surface area contributed by atoms with Gasteiger partial charge in [0.15, 0.2) is 6.10 Å². The lowest BCUT2D eigenvalue weighted by molar-refractivity contribution is -0.147.